The third kappa shape index (κ3) is 2.70. The molecule has 2 aromatic rings. The van der Waals surface area contributed by atoms with Crippen molar-refractivity contribution in [3.8, 4) is 11.3 Å². The van der Waals surface area contributed by atoms with Gasteiger partial charge in [0.1, 0.15) is 0 Å². The summed E-state index contributed by atoms with van der Waals surface area (Å²) in [4.78, 5) is 20.5. The molecule has 1 N–H and O–H groups in total. The molecular weight excluding hydrogens is 258 g/mol. The quantitative estimate of drug-likeness (QED) is 0.910. The first-order chi connectivity index (χ1) is 9.84. The Morgan fingerprint density at radius 1 is 1.40 bits per heavy atom. The molecule has 3 rings (SSSR count). The fourth-order valence-corrected chi connectivity index (χ4v) is 2.19. The SMILES string of the molecule is O=C(NCc1nccnc1-c1ccoc1)[C@@H]1CCOC1. The summed E-state index contributed by atoms with van der Waals surface area (Å²) in [5.41, 5.74) is 2.30. The first-order valence-corrected chi connectivity index (χ1v) is 6.52. The van der Waals surface area contributed by atoms with Crippen LogP contribution in [0.4, 0.5) is 0 Å². The molecule has 104 valence electrons. The lowest BCUT2D eigenvalue weighted by Gasteiger charge is -2.10. The molecular formula is C14H15N3O3. The van der Waals surface area contributed by atoms with Crippen LogP contribution >= 0.6 is 0 Å². The Hall–Kier alpha value is -2.21. The van der Waals surface area contributed by atoms with E-state index < -0.39 is 0 Å². The van der Waals surface area contributed by atoms with Gasteiger partial charge in [0, 0.05) is 24.6 Å². The van der Waals surface area contributed by atoms with Crippen LogP contribution in [0.1, 0.15) is 12.1 Å². The Kier molecular flexibility index (Phi) is 3.73. The van der Waals surface area contributed by atoms with Gasteiger partial charge in [-0.15, -0.1) is 0 Å². The molecule has 2 aromatic heterocycles. The van der Waals surface area contributed by atoms with Gasteiger partial charge in [0.05, 0.1) is 43.0 Å². The molecule has 0 unspecified atom stereocenters. The molecule has 1 atom stereocenters. The molecule has 0 aromatic carbocycles. The van der Waals surface area contributed by atoms with Crippen LogP contribution in [0.15, 0.2) is 35.4 Å². The van der Waals surface area contributed by atoms with Gasteiger partial charge >= 0.3 is 0 Å². The highest BCUT2D eigenvalue weighted by molar-refractivity contribution is 5.79. The van der Waals surface area contributed by atoms with Crippen LogP contribution in [0.2, 0.25) is 0 Å². The van der Waals surface area contributed by atoms with Gasteiger partial charge in [-0.1, -0.05) is 0 Å². The van der Waals surface area contributed by atoms with Crippen molar-refractivity contribution in [2.24, 2.45) is 5.92 Å². The number of furan rings is 1. The molecule has 20 heavy (non-hydrogen) atoms. The molecule has 0 saturated carbocycles. The Morgan fingerprint density at radius 2 is 2.30 bits per heavy atom. The highest BCUT2D eigenvalue weighted by Gasteiger charge is 2.23. The van der Waals surface area contributed by atoms with Gasteiger partial charge in [-0.25, -0.2) is 0 Å². The second kappa shape index (κ2) is 5.83. The number of hydrogen-bond donors (Lipinski definition) is 1. The second-order valence-electron chi connectivity index (χ2n) is 4.64. The fourth-order valence-electron chi connectivity index (χ4n) is 2.19. The molecule has 0 radical (unpaired) electrons. The number of nitrogens with one attached hydrogen (secondary N) is 1. The van der Waals surface area contributed by atoms with E-state index in [4.69, 9.17) is 9.15 Å². The van der Waals surface area contributed by atoms with E-state index in [0.29, 0.717) is 19.8 Å². The first-order valence-electron chi connectivity index (χ1n) is 6.52. The van der Waals surface area contributed by atoms with Gasteiger partial charge in [-0.3, -0.25) is 14.8 Å². The molecule has 0 bridgehead atoms. The van der Waals surface area contributed by atoms with E-state index in [1.165, 1.54) is 0 Å². The number of carbonyl (C=O) groups excluding carboxylic acids is 1. The predicted molar refractivity (Wildman–Crippen MR) is 70.5 cm³/mol. The maximum atomic E-state index is 12.0. The van der Waals surface area contributed by atoms with E-state index in [0.717, 1.165) is 23.4 Å². The average molecular weight is 273 g/mol. The number of ether oxygens (including phenoxy) is 1. The van der Waals surface area contributed by atoms with Crippen molar-refractivity contribution in [1.29, 1.82) is 0 Å². The number of rotatable bonds is 4. The fraction of sp³-hybridized carbons (Fsp3) is 0.357. The van der Waals surface area contributed by atoms with Crippen molar-refractivity contribution in [2.75, 3.05) is 13.2 Å². The Balaban J connectivity index is 1.70. The summed E-state index contributed by atoms with van der Waals surface area (Å²) in [6.07, 6.45) is 7.21. The van der Waals surface area contributed by atoms with E-state index in [9.17, 15) is 4.79 Å². The lowest BCUT2D eigenvalue weighted by Crippen LogP contribution is -2.31. The monoisotopic (exact) mass is 273 g/mol. The van der Waals surface area contributed by atoms with Crippen LogP contribution in [0.25, 0.3) is 11.3 Å². The molecule has 6 heteroatoms. The Bertz CT molecular complexity index is 577. The summed E-state index contributed by atoms with van der Waals surface area (Å²) < 4.78 is 10.3. The van der Waals surface area contributed by atoms with Crippen LogP contribution in [-0.4, -0.2) is 29.1 Å². The van der Waals surface area contributed by atoms with Gasteiger partial charge in [0.25, 0.3) is 0 Å². The Labute approximate surface area is 116 Å². The van der Waals surface area contributed by atoms with Crippen molar-refractivity contribution < 1.29 is 13.9 Å². The molecule has 0 spiro atoms. The average Bonchev–Trinajstić information content (AvgIpc) is 3.17. The maximum absolute atomic E-state index is 12.0. The normalized spacial score (nSPS) is 18.1. The highest BCUT2D eigenvalue weighted by Crippen LogP contribution is 2.20. The van der Waals surface area contributed by atoms with Gasteiger partial charge in [-0.05, 0) is 12.5 Å². The molecule has 3 heterocycles. The molecule has 1 fully saturated rings. The third-order valence-electron chi connectivity index (χ3n) is 3.30. The second-order valence-corrected chi connectivity index (χ2v) is 4.64. The molecule has 1 aliphatic rings. The van der Waals surface area contributed by atoms with E-state index in [2.05, 4.69) is 15.3 Å². The molecule has 1 saturated heterocycles. The van der Waals surface area contributed by atoms with Gasteiger partial charge in [0.15, 0.2) is 0 Å². The lowest BCUT2D eigenvalue weighted by atomic mass is 10.1. The molecule has 1 aliphatic heterocycles. The van der Waals surface area contributed by atoms with E-state index in [1.54, 1.807) is 24.9 Å². The van der Waals surface area contributed by atoms with Crippen LogP contribution in [0, 0.1) is 5.92 Å². The van der Waals surface area contributed by atoms with E-state index in [-0.39, 0.29) is 11.8 Å². The summed E-state index contributed by atoms with van der Waals surface area (Å²) in [5.74, 6) is -0.0460. The topological polar surface area (TPSA) is 77.3 Å². The first kappa shape index (κ1) is 12.8. The van der Waals surface area contributed by atoms with Crippen molar-refractivity contribution in [3.63, 3.8) is 0 Å². The van der Waals surface area contributed by atoms with Crippen molar-refractivity contribution in [1.82, 2.24) is 15.3 Å². The smallest absolute Gasteiger partial charge is 0.225 e. The molecule has 1 amide bonds. The summed E-state index contributed by atoms with van der Waals surface area (Å²) in [6, 6.07) is 1.82. The number of hydrogen-bond acceptors (Lipinski definition) is 5. The maximum Gasteiger partial charge on any atom is 0.225 e. The third-order valence-corrected chi connectivity index (χ3v) is 3.30. The minimum atomic E-state index is -0.0518. The largest absolute Gasteiger partial charge is 0.472 e. The van der Waals surface area contributed by atoms with Crippen molar-refractivity contribution >= 4 is 5.91 Å². The minimum absolute atomic E-state index is 0.00583. The van der Waals surface area contributed by atoms with Crippen LogP contribution in [-0.2, 0) is 16.1 Å². The number of nitrogens with zero attached hydrogens (tertiary/aromatic N) is 2. The zero-order valence-electron chi connectivity index (χ0n) is 10.9. The van der Waals surface area contributed by atoms with Gasteiger partial charge in [-0.2, -0.15) is 0 Å². The lowest BCUT2D eigenvalue weighted by molar-refractivity contribution is -0.125. The summed E-state index contributed by atoms with van der Waals surface area (Å²) in [7, 11) is 0. The van der Waals surface area contributed by atoms with Crippen molar-refractivity contribution in [3.05, 3.63) is 36.7 Å². The zero-order valence-corrected chi connectivity index (χ0v) is 10.9. The molecule has 0 aliphatic carbocycles. The van der Waals surface area contributed by atoms with Gasteiger partial charge < -0.3 is 14.5 Å². The Morgan fingerprint density at radius 3 is 3.05 bits per heavy atom. The van der Waals surface area contributed by atoms with E-state index in [1.807, 2.05) is 6.07 Å². The molecule has 6 nitrogen and oxygen atoms in total. The van der Waals surface area contributed by atoms with Crippen LogP contribution < -0.4 is 5.32 Å². The number of carbonyl (C=O) groups is 1. The van der Waals surface area contributed by atoms with E-state index >= 15 is 0 Å². The standard InChI is InChI=1S/C14H15N3O3/c18-14(11-2-6-20-9-11)17-7-12-13(16-4-3-15-12)10-1-5-19-8-10/h1,3-5,8,11H,2,6-7,9H2,(H,17,18)/t11-/m1/s1. The zero-order chi connectivity index (χ0) is 13.8. The van der Waals surface area contributed by atoms with Gasteiger partial charge in [0.2, 0.25) is 5.91 Å². The highest BCUT2D eigenvalue weighted by atomic mass is 16.5. The summed E-state index contributed by atoms with van der Waals surface area (Å²) >= 11 is 0. The minimum Gasteiger partial charge on any atom is -0.472 e. The van der Waals surface area contributed by atoms with Crippen LogP contribution in [0.3, 0.4) is 0 Å². The van der Waals surface area contributed by atoms with Crippen LogP contribution in [0.5, 0.6) is 0 Å². The van der Waals surface area contributed by atoms with Crippen molar-refractivity contribution in [2.45, 2.75) is 13.0 Å². The number of aromatic nitrogens is 2. The summed E-state index contributed by atoms with van der Waals surface area (Å²) in [5, 5.41) is 2.89. The number of amides is 1. The summed E-state index contributed by atoms with van der Waals surface area (Å²) in [6.45, 7) is 1.51. The predicted octanol–water partition coefficient (Wildman–Crippen LogP) is 1.39.